The Labute approximate surface area is 211 Å². The largest absolute Gasteiger partial charge is 0.324 e. The van der Waals surface area contributed by atoms with E-state index in [-0.39, 0.29) is 15.6 Å². The van der Waals surface area contributed by atoms with Gasteiger partial charge < -0.3 is 5.32 Å². The van der Waals surface area contributed by atoms with Crippen LogP contribution in [0.1, 0.15) is 18.1 Å². The Bertz CT molecular complexity index is 1460. The first kappa shape index (κ1) is 26.5. The van der Waals surface area contributed by atoms with E-state index in [4.69, 9.17) is 11.6 Å². The van der Waals surface area contributed by atoms with Crippen molar-refractivity contribution in [3.8, 4) is 0 Å². The minimum atomic E-state index is -3.91. The molecule has 1 amide bonds. The number of aryl methyl sites for hydroxylation is 2. The van der Waals surface area contributed by atoms with Crippen LogP contribution < -0.4 is 14.3 Å². The molecule has 0 spiro atoms. The highest BCUT2D eigenvalue weighted by molar-refractivity contribution is 7.92. The lowest BCUT2D eigenvalue weighted by molar-refractivity contribution is -0.116. The lowest BCUT2D eigenvalue weighted by Gasteiger charge is -2.28. The van der Waals surface area contributed by atoms with Crippen LogP contribution in [0.3, 0.4) is 0 Å². The summed E-state index contributed by atoms with van der Waals surface area (Å²) in [7, 11) is -7.68. The number of carbonyl (C=O) groups excluding carboxylic acids is 1. The van der Waals surface area contributed by atoms with E-state index in [0.29, 0.717) is 11.4 Å². The molecule has 0 aliphatic rings. The number of benzene rings is 3. The normalized spacial score (nSPS) is 12.6. The van der Waals surface area contributed by atoms with Crippen molar-refractivity contribution in [1.82, 2.24) is 0 Å². The van der Waals surface area contributed by atoms with Crippen LogP contribution in [0.5, 0.6) is 0 Å². The van der Waals surface area contributed by atoms with E-state index in [9.17, 15) is 21.6 Å². The summed E-state index contributed by atoms with van der Waals surface area (Å²) < 4.78 is 53.9. The number of hydrogen-bond acceptors (Lipinski definition) is 5. The van der Waals surface area contributed by atoms with Gasteiger partial charge in [0.15, 0.2) is 0 Å². The molecule has 3 aromatic carbocycles. The van der Waals surface area contributed by atoms with Crippen molar-refractivity contribution >= 4 is 54.6 Å². The summed E-state index contributed by atoms with van der Waals surface area (Å²) in [5.41, 5.74) is 2.83. The molecule has 0 heterocycles. The SMILES string of the molecule is Cc1ccc(N([C@@H](C)C(=O)Nc2ccc(S(=O)(=O)Nc3ccccc3Cl)cc2)S(C)(=O)=O)cc1C. The maximum absolute atomic E-state index is 12.9. The van der Waals surface area contributed by atoms with E-state index in [2.05, 4.69) is 10.0 Å². The van der Waals surface area contributed by atoms with Crippen LogP contribution in [-0.4, -0.2) is 35.0 Å². The summed E-state index contributed by atoms with van der Waals surface area (Å²) in [6.45, 7) is 5.26. The highest BCUT2D eigenvalue weighted by atomic mass is 35.5. The van der Waals surface area contributed by atoms with Crippen LogP contribution in [0.2, 0.25) is 5.02 Å². The van der Waals surface area contributed by atoms with E-state index in [0.717, 1.165) is 21.7 Å². The number of rotatable bonds is 8. The van der Waals surface area contributed by atoms with Crippen LogP contribution in [-0.2, 0) is 24.8 Å². The molecular weight excluding hydrogens is 510 g/mol. The third kappa shape index (κ3) is 6.33. The van der Waals surface area contributed by atoms with E-state index >= 15 is 0 Å². The van der Waals surface area contributed by atoms with Gasteiger partial charge in [-0.25, -0.2) is 16.8 Å². The van der Waals surface area contributed by atoms with Crippen LogP contribution >= 0.6 is 11.6 Å². The lowest BCUT2D eigenvalue weighted by Crippen LogP contribution is -2.45. The molecule has 35 heavy (non-hydrogen) atoms. The number of anilines is 3. The van der Waals surface area contributed by atoms with Crippen LogP contribution in [0.15, 0.2) is 71.6 Å². The van der Waals surface area contributed by atoms with Gasteiger partial charge in [-0.05, 0) is 80.4 Å². The van der Waals surface area contributed by atoms with Gasteiger partial charge in [0, 0.05) is 5.69 Å². The molecule has 0 bridgehead atoms. The molecule has 0 aliphatic heterocycles. The molecule has 2 N–H and O–H groups in total. The Morgan fingerprint density at radius 1 is 0.914 bits per heavy atom. The fourth-order valence-corrected chi connectivity index (χ4v) is 5.87. The molecule has 0 unspecified atom stereocenters. The maximum atomic E-state index is 12.9. The molecule has 3 aromatic rings. The second-order valence-electron chi connectivity index (χ2n) is 8.10. The van der Waals surface area contributed by atoms with Gasteiger partial charge in [-0.2, -0.15) is 0 Å². The zero-order valence-corrected chi connectivity index (χ0v) is 22.0. The van der Waals surface area contributed by atoms with Crippen molar-refractivity contribution in [3.63, 3.8) is 0 Å². The fraction of sp³-hybridized carbons (Fsp3) is 0.208. The molecule has 0 fully saturated rings. The number of nitrogens with zero attached hydrogens (tertiary/aromatic N) is 1. The maximum Gasteiger partial charge on any atom is 0.261 e. The van der Waals surface area contributed by atoms with Crippen molar-refractivity contribution in [2.45, 2.75) is 31.7 Å². The standard InChI is InChI=1S/C24H26ClN3O5S2/c1-16-9-12-20(15-17(16)2)28(34(4,30)31)18(3)24(29)26-19-10-13-21(14-11-19)35(32,33)27-23-8-6-5-7-22(23)25/h5-15,18,27H,1-4H3,(H,26,29)/t18-/m0/s1. The second-order valence-corrected chi connectivity index (χ2v) is 12.1. The van der Waals surface area contributed by atoms with Gasteiger partial charge in [-0.1, -0.05) is 29.8 Å². The molecule has 0 saturated heterocycles. The summed E-state index contributed by atoms with van der Waals surface area (Å²) in [5, 5.41) is 2.90. The Kier molecular flexibility index (Phi) is 7.78. The molecule has 11 heteroatoms. The first-order valence-corrected chi connectivity index (χ1v) is 14.3. The summed E-state index contributed by atoms with van der Waals surface area (Å²) in [4.78, 5) is 12.9. The molecule has 186 valence electrons. The van der Waals surface area contributed by atoms with Gasteiger partial charge in [0.25, 0.3) is 10.0 Å². The minimum absolute atomic E-state index is 0.0311. The Morgan fingerprint density at radius 3 is 2.11 bits per heavy atom. The number of halogens is 1. The van der Waals surface area contributed by atoms with Gasteiger partial charge in [-0.15, -0.1) is 0 Å². The van der Waals surface area contributed by atoms with Crippen molar-refractivity contribution in [2.24, 2.45) is 0 Å². The summed E-state index contributed by atoms with van der Waals surface area (Å²) in [6.07, 6.45) is 1.04. The minimum Gasteiger partial charge on any atom is -0.324 e. The predicted molar refractivity (Wildman–Crippen MR) is 140 cm³/mol. The smallest absolute Gasteiger partial charge is 0.261 e. The molecule has 0 saturated carbocycles. The number of amides is 1. The van der Waals surface area contributed by atoms with Gasteiger partial charge in [0.05, 0.1) is 27.5 Å². The molecular formula is C24H26ClN3O5S2. The number of hydrogen-bond donors (Lipinski definition) is 2. The number of para-hydroxylation sites is 1. The average Bonchev–Trinajstić information content (AvgIpc) is 2.77. The summed E-state index contributed by atoms with van der Waals surface area (Å²) >= 11 is 6.03. The molecule has 0 aliphatic carbocycles. The van der Waals surface area contributed by atoms with Gasteiger partial charge in [0.2, 0.25) is 15.9 Å². The molecule has 0 aromatic heterocycles. The monoisotopic (exact) mass is 535 g/mol. The topological polar surface area (TPSA) is 113 Å². The summed E-state index contributed by atoms with van der Waals surface area (Å²) in [6, 6.07) is 16.1. The lowest BCUT2D eigenvalue weighted by atomic mass is 10.1. The Balaban J connectivity index is 1.78. The van der Waals surface area contributed by atoms with Crippen LogP contribution in [0.25, 0.3) is 0 Å². The van der Waals surface area contributed by atoms with Gasteiger partial charge >= 0.3 is 0 Å². The second kappa shape index (κ2) is 10.3. The Hall–Kier alpha value is -3.08. The quantitative estimate of drug-likeness (QED) is 0.439. The van der Waals surface area contributed by atoms with Crippen molar-refractivity contribution < 1.29 is 21.6 Å². The zero-order chi connectivity index (χ0) is 26.0. The van der Waals surface area contributed by atoms with Crippen LogP contribution in [0.4, 0.5) is 17.1 Å². The third-order valence-corrected chi connectivity index (χ3v) is 8.34. The van der Waals surface area contributed by atoms with E-state index in [1.54, 1.807) is 42.5 Å². The van der Waals surface area contributed by atoms with E-state index in [1.807, 2.05) is 13.8 Å². The number of nitrogens with one attached hydrogen (secondary N) is 2. The first-order chi connectivity index (χ1) is 16.3. The van der Waals surface area contributed by atoms with Gasteiger partial charge in [0.1, 0.15) is 6.04 Å². The summed E-state index contributed by atoms with van der Waals surface area (Å²) in [5.74, 6) is -0.571. The molecule has 3 rings (SSSR count). The highest BCUT2D eigenvalue weighted by Crippen LogP contribution is 2.26. The number of carbonyl (C=O) groups is 1. The number of sulfonamides is 2. The van der Waals surface area contributed by atoms with E-state index < -0.39 is 32.0 Å². The highest BCUT2D eigenvalue weighted by Gasteiger charge is 2.29. The predicted octanol–water partition coefficient (Wildman–Crippen LogP) is 4.55. The molecule has 8 nitrogen and oxygen atoms in total. The molecule has 0 radical (unpaired) electrons. The van der Waals surface area contributed by atoms with Crippen molar-refractivity contribution in [2.75, 3.05) is 20.6 Å². The van der Waals surface area contributed by atoms with E-state index in [1.165, 1.54) is 31.2 Å². The first-order valence-electron chi connectivity index (χ1n) is 10.5. The molecule has 1 atom stereocenters. The fourth-order valence-electron chi connectivity index (χ4n) is 3.38. The zero-order valence-electron chi connectivity index (χ0n) is 19.6. The Morgan fingerprint density at radius 2 is 1.54 bits per heavy atom. The van der Waals surface area contributed by atoms with Gasteiger partial charge in [-0.3, -0.25) is 13.8 Å². The van der Waals surface area contributed by atoms with Crippen molar-refractivity contribution in [3.05, 3.63) is 82.9 Å². The van der Waals surface area contributed by atoms with Crippen LogP contribution in [0, 0.1) is 13.8 Å². The average molecular weight is 536 g/mol. The van der Waals surface area contributed by atoms with Crippen molar-refractivity contribution in [1.29, 1.82) is 0 Å². The third-order valence-electron chi connectivity index (χ3n) is 5.38.